The highest BCUT2D eigenvalue weighted by atomic mass is 16.7. The first-order valence-electron chi connectivity index (χ1n) is 7.77. The molecule has 3 rings (SSSR count). The molecule has 0 aliphatic carbocycles. The number of carbonyl (C=O) groups is 1. The first kappa shape index (κ1) is 14.5. The Morgan fingerprint density at radius 1 is 1.24 bits per heavy atom. The number of carbonyl (C=O) groups excluding carboxylic acids is 1. The number of hydrogen-bond acceptors (Lipinski definition) is 3. The summed E-state index contributed by atoms with van der Waals surface area (Å²) in [6, 6.07) is 10.6. The monoisotopic (exact) mass is 289 g/mol. The van der Waals surface area contributed by atoms with Crippen LogP contribution in [0.5, 0.6) is 0 Å². The Morgan fingerprint density at radius 3 is 2.67 bits per heavy atom. The van der Waals surface area contributed by atoms with Crippen molar-refractivity contribution in [2.75, 3.05) is 13.2 Å². The maximum absolute atomic E-state index is 12.1. The standard InChI is InChI=1S/C17H23NO3/c1-17(20-9-10-21-17)8-7-14-12-15(18-16(14)19)11-13-5-3-2-4-6-13/h2-6,14-15H,7-12H2,1H3,(H,18,19). The van der Waals surface area contributed by atoms with Crippen molar-refractivity contribution in [3.05, 3.63) is 35.9 Å². The van der Waals surface area contributed by atoms with Crippen molar-refractivity contribution in [1.29, 1.82) is 0 Å². The van der Waals surface area contributed by atoms with Gasteiger partial charge in [0.15, 0.2) is 5.79 Å². The van der Waals surface area contributed by atoms with Gasteiger partial charge in [-0.05, 0) is 31.7 Å². The van der Waals surface area contributed by atoms with E-state index in [1.54, 1.807) is 0 Å². The molecular weight excluding hydrogens is 266 g/mol. The zero-order valence-electron chi connectivity index (χ0n) is 12.5. The molecule has 0 radical (unpaired) electrons. The van der Waals surface area contributed by atoms with Crippen molar-refractivity contribution in [2.24, 2.45) is 5.92 Å². The average Bonchev–Trinajstić information content (AvgIpc) is 3.05. The molecule has 0 bridgehead atoms. The molecule has 1 N–H and O–H groups in total. The van der Waals surface area contributed by atoms with E-state index < -0.39 is 5.79 Å². The second-order valence-electron chi connectivity index (χ2n) is 6.20. The topological polar surface area (TPSA) is 47.6 Å². The Balaban J connectivity index is 1.50. The number of hydrogen-bond donors (Lipinski definition) is 1. The molecule has 2 saturated heterocycles. The number of benzene rings is 1. The van der Waals surface area contributed by atoms with Crippen LogP contribution in [0, 0.1) is 5.92 Å². The van der Waals surface area contributed by atoms with Gasteiger partial charge in [-0.2, -0.15) is 0 Å². The van der Waals surface area contributed by atoms with Crippen molar-refractivity contribution in [2.45, 2.75) is 44.4 Å². The van der Waals surface area contributed by atoms with Gasteiger partial charge < -0.3 is 14.8 Å². The summed E-state index contributed by atoms with van der Waals surface area (Å²) in [6.45, 7) is 3.28. The van der Waals surface area contributed by atoms with Crippen LogP contribution >= 0.6 is 0 Å². The van der Waals surface area contributed by atoms with Gasteiger partial charge >= 0.3 is 0 Å². The molecule has 2 aliphatic rings. The molecule has 2 aliphatic heterocycles. The summed E-state index contributed by atoms with van der Waals surface area (Å²) in [5.41, 5.74) is 1.28. The third kappa shape index (κ3) is 3.63. The number of amides is 1. The smallest absolute Gasteiger partial charge is 0.223 e. The Morgan fingerprint density at radius 2 is 1.95 bits per heavy atom. The lowest BCUT2D eigenvalue weighted by molar-refractivity contribution is -0.150. The maximum atomic E-state index is 12.1. The largest absolute Gasteiger partial charge is 0.353 e. The third-order valence-corrected chi connectivity index (χ3v) is 4.46. The minimum absolute atomic E-state index is 0.0864. The zero-order chi connectivity index (χ0) is 14.7. The summed E-state index contributed by atoms with van der Waals surface area (Å²) < 4.78 is 11.2. The van der Waals surface area contributed by atoms with Crippen LogP contribution in [-0.4, -0.2) is 30.9 Å². The summed E-state index contributed by atoms with van der Waals surface area (Å²) in [4.78, 5) is 12.1. The molecule has 1 aromatic carbocycles. The van der Waals surface area contributed by atoms with Crippen LogP contribution in [0.4, 0.5) is 0 Å². The predicted octanol–water partition coefficient (Wildman–Crippen LogP) is 2.28. The molecule has 1 amide bonds. The van der Waals surface area contributed by atoms with Crippen molar-refractivity contribution in [3.63, 3.8) is 0 Å². The fourth-order valence-electron chi connectivity index (χ4n) is 3.25. The number of ether oxygens (including phenoxy) is 2. The van der Waals surface area contributed by atoms with Gasteiger partial charge in [-0.15, -0.1) is 0 Å². The van der Waals surface area contributed by atoms with E-state index in [4.69, 9.17) is 9.47 Å². The fraction of sp³-hybridized carbons (Fsp3) is 0.588. The van der Waals surface area contributed by atoms with Gasteiger partial charge in [0.25, 0.3) is 0 Å². The highest BCUT2D eigenvalue weighted by molar-refractivity contribution is 5.81. The van der Waals surface area contributed by atoms with E-state index >= 15 is 0 Å². The molecule has 2 fully saturated rings. The Hall–Kier alpha value is -1.39. The highest BCUT2D eigenvalue weighted by Gasteiger charge is 2.36. The van der Waals surface area contributed by atoms with E-state index in [1.165, 1.54) is 5.56 Å². The molecule has 2 heterocycles. The molecular formula is C17H23NO3. The molecule has 114 valence electrons. The van der Waals surface area contributed by atoms with Crippen molar-refractivity contribution >= 4 is 5.91 Å². The van der Waals surface area contributed by atoms with E-state index in [0.29, 0.717) is 13.2 Å². The van der Waals surface area contributed by atoms with Gasteiger partial charge in [0.1, 0.15) is 0 Å². The van der Waals surface area contributed by atoms with E-state index in [9.17, 15) is 4.79 Å². The summed E-state index contributed by atoms with van der Waals surface area (Å²) in [5.74, 6) is -0.224. The van der Waals surface area contributed by atoms with Crippen LogP contribution in [0.2, 0.25) is 0 Å². The van der Waals surface area contributed by atoms with E-state index in [2.05, 4.69) is 17.4 Å². The molecule has 2 unspecified atom stereocenters. The molecule has 4 heteroatoms. The molecule has 0 saturated carbocycles. The molecule has 2 atom stereocenters. The predicted molar refractivity (Wildman–Crippen MR) is 79.7 cm³/mol. The summed E-state index contributed by atoms with van der Waals surface area (Å²) in [7, 11) is 0. The van der Waals surface area contributed by atoms with Crippen LogP contribution in [-0.2, 0) is 20.7 Å². The highest BCUT2D eigenvalue weighted by Crippen LogP contribution is 2.30. The second-order valence-corrected chi connectivity index (χ2v) is 6.20. The van der Waals surface area contributed by atoms with E-state index in [0.717, 1.165) is 25.7 Å². The molecule has 0 spiro atoms. The van der Waals surface area contributed by atoms with Crippen molar-refractivity contribution in [1.82, 2.24) is 5.32 Å². The summed E-state index contributed by atoms with van der Waals surface area (Å²) >= 11 is 0. The van der Waals surface area contributed by atoms with Crippen LogP contribution in [0.15, 0.2) is 30.3 Å². The lowest BCUT2D eigenvalue weighted by Gasteiger charge is -2.23. The van der Waals surface area contributed by atoms with E-state index in [1.807, 2.05) is 25.1 Å². The van der Waals surface area contributed by atoms with Crippen LogP contribution in [0.1, 0.15) is 31.7 Å². The Labute approximate surface area is 125 Å². The van der Waals surface area contributed by atoms with Gasteiger partial charge in [0.2, 0.25) is 5.91 Å². The maximum Gasteiger partial charge on any atom is 0.223 e. The first-order valence-corrected chi connectivity index (χ1v) is 7.77. The van der Waals surface area contributed by atoms with Crippen LogP contribution in [0.3, 0.4) is 0 Å². The summed E-state index contributed by atoms with van der Waals surface area (Å²) in [5, 5.41) is 3.12. The molecule has 4 nitrogen and oxygen atoms in total. The van der Waals surface area contributed by atoms with Crippen LogP contribution in [0.25, 0.3) is 0 Å². The van der Waals surface area contributed by atoms with Crippen LogP contribution < -0.4 is 5.32 Å². The van der Waals surface area contributed by atoms with Gasteiger partial charge in [0.05, 0.1) is 13.2 Å². The summed E-state index contributed by atoms with van der Waals surface area (Å²) in [6.07, 6.45) is 3.42. The SMILES string of the molecule is CC1(CCC2CC(Cc3ccccc3)NC2=O)OCCO1. The fourth-order valence-corrected chi connectivity index (χ4v) is 3.25. The lowest BCUT2D eigenvalue weighted by atomic mass is 9.94. The van der Waals surface area contributed by atoms with Gasteiger partial charge in [-0.1, -0.05) is 30.3 Å². The van der Waals surface area contributed by atoms with Crippen molar-refractivity contribution < 1.29 is 14.3 Å². The number of rotatable bonds is 5. The van der Waals surface area contributed by atoms with Crippen molar-refractivity contribution in [3.8, 4) is 0 Å². The average molecular weight is 289 g/mol. The molecule has 0 aromatic heterocycles. The second kappa shape index (κ2) is 6.16. The zero-order valence-corrected chi connectivity index (χ0v) is 12.5. The third-order valence-electron chi connectivity index (χ3n) is 4.46. The normalized spacial score (nSPS) is 27.8. The minimum atomic E-state index is -0.488. The lowest BCUT2D eigenvalue weighted by Crippen LogP contribution is -2.29. The number of nitrogens with one attached hydrogen (secondary N) is 1. The Bertz CT molecular complexity index is 482. The minimum Gasteiger partial charge on any atom is -0.353 e. The van der Waals surface area contributed by atoms with Gasteiger partial charge in [-0.3, -0.25) is 4.79 Å². The molecule has 1 aromatic rings. The van der Waals surface area contributed by atoms with E-state index in [-0.39, 0.29) is 17.9 Å². The Kier molecular flexibility index (Phi) is 4.27. The van der Waals surface area contributed by atoms with Gasteiger partial charge in [-0.25, -0.2) is 0 Å². The first-order chi connectivity index (χ1) is 10.1. The van der Waals surface area contributed by atoms with Gasteiger partial charge in [0, 0.05) is 18.4 Å². The quantitative estimate of drug-likeness (QED) is 0.904. The molecule has 21 heavy (non-hydrogen) atoms.